The van der Waals surface area contributed by atoms with Crippen LogP contribution in [0.4, 0.5) is 13.2 Å². The van der Waals surface area contributed by atoms with Crippen LogP contribution in [0.2, 0.25) is 0 Å². The van der Waals surface area contributed by atoms with Gasteiger partial charge in [-0.15, -0.1) is 0 Å². The number of carbonyl (C=O) groups excluding carboxylic acids is 2. The van der Waals surface area contributed by atoms with Gasteiger partial charge in [0.1, 0.15) is 6.10 Å². The zero-order valence-corrected chi connectivity index (χ0v) is 12.2. The minimum atomic E-state index is -4.34. The number of halogens is 3. The van der Waals surface area contributed by atoms with E-state index in [4.69, 9.17) is 10.5 Å². The lowest BCUT2D eigenvalue weighted by Gasteiger charge is -2.32. The van der Waals surface area contributed by atoms with Gasteiger partial charge in [0.25, 0.3) is 0 Å². The standard InChI is InChI=1S/C14H21F3N2O3/c15-14(16,17)10-4-2-1-3-9(10)13(21)19-7-8-5-6-11(22-8)12(18)20/h8-11H,1-7H2,(H2,18,20)(H,19,21). The summed E-state index contributed by atoms with van der Waals surface area (Å²) < 4.78 is 44.3. The Morgan fingerprint density at radius 3 is 2.41 bits per heavy atom. The van der Waals surface area contributed by atoms with Crippen LogP contribution in [0.25, 0.3) is 0 Å². The molecule has 2 rings (SSSR count). The zero-order valence-electron chi connectivity index (χ0n) is 12.2. The predicted octanol–water partition coefficient (Wildman–Crippen LogP) is 1.50. The molecule has 1 saturated carbocycles. The third kappa shape index (κ3) is 4.12. The van der Waals surface area contributed by atoms with E-state index >= 15 is 0 Å². The van der Waals surface area contributed by atoms with E-state index in [1.165, 1.54) is 0 Å². The minimum absolute atomic E-state index is 0.00522. The quantitative estimate of drug-likeness (QED) is 0.823. The van der Waals surface area contributed by atoms with E-state index in [2.05, 4.69) is 5.32 Å². The van der Waals surface area contributed by atoms with Gasteiger partial charge in [0.15, 0.2) is 0 Å². The Morgan fingerprint density at radius 1 is 1.14 bits per heavy atom. The molecule has 1 aliphatic carbocycles. The molecule has 2 fully saturated rings. The van der Waals surface area contributed by atoms with Gasteiger partial charge in [0.2, 0.25) is 11.8 Å². The number of carbonyl (C=O) groups is 2. The molecule has 0 radical (unpaired) electrons. The van der Waals surface area contributed by atoms with Crippen molar-refractivity contribution in [2.24, 2.45) is 17.6 Å². The molecule has 5 nitrogen and oxygen atoms in total. The summed E-state index contributed by atoms with van der Waals surface area (Å²) in [4.78, 5) is 23.0. The van der Waals surface area contributed by atoms with Crippen molar-refractivity contribution < 1.29 is 27.5 Å². The summed E-state index contributed by atoms with van der Waals surface area (Å²) in [7, 11) is 0. The van der Waals surface area contributed by atoms with Crippen LogP contribution in [0, 0.1) is 11.8 Å². The van der Waals surface area contributed by atoms with Gasteiger partial charge in [-0.3, -0.25) is 9.59 Å². The SMILES string of the molecule is NC(=O)C1CCC(CNC(=O)C2CCCCC2C(F)(F)F)O1. The first-order valence-electron chi connectivity index (χ1n) is 7.58. The molecule has 1 heterocycles. The van der Waals surface area contributed by atoms with Gasteiger partial charge in [-0.1, -0.05) is 12.8 Å². The highest BCUT2D eigenvalue weighted by Crippen LogP contribution is 2.41. The number of rotatable bonds is 4. The Morgan fingerprint density at radius 2 is 1.82 bits per heavy atom. The number of hydrogen-bond acceptors (Lipinski definition) is 3. The highest BCUT2D eigenvalue weighted by Gasteiger charge is 2.48. The van der Waals surface area contributed by atoms with E-state index in [0.717, 1.165) is 0 Å². The van der Waals surface area contributed by atoms with Crippen molar-refractivity contribution in [3.8, 4) is 0 Å². The summed E-state index contributed by atoms with van der Waals surface area (Å²) in [6, 6.07) is 0. The Kier molecular flexibility index (Phi) is 5.31. The van der Waals surface area contributed by atoms with Crippen LogP contribution < -0.4 is 11.1 Å². The third-order valence-corrected chi connectivity index (χ3v) is 4.45. The maximum atomic E-state index is 13.0. The van der Waals surface area contributed by atoms with Gasteiger partial charge >= 0.3 is 6.18 Å². The van der Waals surface area contributed by atoms with Crippen LogP contribution >= 0.6 is 0 Å². The zero-order chi connectivity index (χ0) is 16.3. The fourth-order valence-corrected chi connectivity index (χ4v) is 3.25. The van der Waals surface area contributed by atoms with Crippen molar-refractivity contribution in [1.82, 2.24) is 5.32 Å². The van der Waals surface area contributed by atoms with E-state index < -0.39 is 35.9 Å². The van der Waals surface area contributed by atoms with Crippen LogP contribution in [-0.2, 0) is 14.3 Å². The van der Waals surface area contributed by atoms with Crippen LogP contribution in [0.1, 0.15) is 38.5 Å². The summed E-state index contributed by atoms with van der Waals surface area (Å²) >= 11 is 0. The van der Waals surface area contributed by atoms with Gasteiger partial charge in [0, 0.05) is 12.5 Å². The second kappa shape index (κ2) is 6.85. The third-order valence-electron chi connectivity index (χ3n) is 4.45. The van der Waals surface area contributed by atoms with Gasteiger partial charge in [-0.05, 0) is 25.7 Å². The number of hydrogen-bond donors (Lipinski definition) is 2. The number of nitrogens with two attached hydrogens (primary N) is 1. The molecule has 22 heavy (non-hydrogen) atoms. The van der Waals surface area contributed by atoms with Crippen LogP contribution in [-0.4, -0.2) is 36.7 Å². The van der Waals surface area contributed by atoms with Gasteiger partial charge in [-0.25, -0.2) is 0 Å². The number of alkyl halides is 3. The molecule has 126 valence electrons. The summed E-state index contributed by atoms with van der Waals surface area (Å²) in [6.45, 7) is 0.115. The van der Waals surface area contributed by atoms with Crippen molar-refractivity contribution in [3.63, 3.8) is 0 Å². The largest absolute Gasteiger partial charge is 0.392 e. The second-order valence-electron chi connectivity index (χ2n) is 6.01. The molecule has 1 aliphatic heterocycles. The van der Waals surface area contributed by atoms with E-state index in [1.54, 1.807) is 0 Å². The molecular formula is C14H21F3N2O3. The number of ether oxygens (including phenoxy) is 1. The molecule has 0 spiro atoms. The summed E-state index contributed by atoms with van der Waals surface area (Å²) in [5.41, 5.74) is 5.12. The molecule has 4 atom stereocenters. The lowest BCUT2D eigenvalue weighted by molar-refractivity contribution is -0.198. The molecule has 2 amide bonds. The average molecular weight is 322 g/mol. The lowest BCUT2D eigenvalue weighted by Crippen LogP contribution is -2.44. The lowest BCUT2D eigenvalue weighted by atomic mass is 9.78. The first-order valence-corrected chi connectivity index (χ1v) is 7.58. The van der Waals surface area contributed by atoms with Crippen LogP contribution in [0.3, 0.4) is 0 Å². The molecule has 1 saturated heterocycles. The number of amides is 2. The topological polar surface area (TPSA) is 81.4 Å². The minimum Gasteiger partial charge on any atom is -0.367 e. The highest BCUT2D eigenvalue weighted by atomic mass is 19.4. The molecule has 3 N–H and O–H groups in total. The maximum absolute atomic E-state index is 13.0. The molecular weight excluding hydrogens is 301 g/mol. The smallest absolute Gasteiger partial charge is 0.367 e. The van der Waals surface area contributed by atoms with E-state index in [1.807, 2.05) is 0 Å². The molecule has 0 aromatic carbocycles. The van der Waals surface area contributed by atoms with Crippen molar-refractivity contribution in [1.29, 1.82) is 0 Å². The van der Waals surface area contributed by atoms with Crippen molar-refractivity contribution in [2.75, 3.05) is 6.54 Å². The van der Waals surface area contributed by atoms with Crippen LogP contribution in [0.15, 0.2) is 0 Å². The van der Waals surface area contributed by atoms with E-state index in [9.17, 15) is 22.8 Å². The highest BCUT2D eigenvalue weighted by molar-refractivity contribution is 5.80. The Bertz CT molecular complexity index is 428. The normalized spacial score (nSPS) is 32.7. The van der Waals surface area contributed by atoms with Gasteiger partial charge in [-0.2, -0.15) is 13.2 Å². The Hall–Kier alpha value is -1.31. The van der Waals surface area contributed by atoms with Crippen LogP contribution in [0.5, 0.6) is 0 Å². The Labute approximate surface area is 126 Å². The number of nitrogens with one attached hydrogen (secondary N) is 1. The summed E-state index contributed by atoms with van der Waals surface area (Å²) in [6.07, 6.45) is -2.95. The maximum Gasteiger partial charge on any atom is 0.392 e. The summed E-state index contributed by atoms with van der Waals surface area (Å²) in [5, 5.41) is 2.54. The first-order chi connectivity index (χ1) is 10.3. The average Bonchev–Trinajstić information content (AvgIpc) is 2.93. The molecule has 0 aromatic rings. The fourth-order valence-electron chi connectivity index (χ4n) is 3.25. The molecule has 0 bridgehead atoms. The molecule has 2 aliphatic rings. The number of primary amides is 1. The Balaban J connectivity index is 1.85. The van der Waals surface area contributed by atoms with Gasteiger partial charge < -0.3 is 15.8 Å². The van der Waals surface area contributed by atoms with Crippen molar-refractivity contribution in [2.45, 2.75) is 56.9 Å². The van der Waals surface area contributed by atoms with Gasteiger partial charge in [0.05, 0.1) is 12.0 Å². The van der Waals surface area contributed by atoms with E-state index in [0.29, 0.717) is 25.7 Å². The van der Waals surface area contributed by atoms with E-state index in [-0.39, 0.29) is 25.5 Å². The molecule has 0 aromatic heterocycles. The fraction of sp³-hybridized carbons (Fsp3) is 0.857. The first kappa shape index (κ1) is 17.1. The molecule has 4 unspecified atom stereocenters. The second-order valence-corrected chi connectivity index (χ2v) is 6.01. The predicted molar refractivity (Wildman–Crippen MR) is 71.6 cm³/mol. The van der Waals surface area contributed by atoms with Crippen molar-refractivity contribution >= 4 is 11.8 Å². The summed E-state index contributed by atoms with van der Waals surface area (Å²) in [5.74, 6) is -3.72. The monoisotopic (exact) mass is 322 g/mol. The molecule has 8 heteroatoms. The van der Waals surface area contributed by atoms with Crippen molar-refractivity contribution in [3.05, 3.63) is 0 Å².